The summed E-state index contributed by atoms with van der Waals surface area (Å²) in [6, 6.07) is 16.0. The number of aliphatic carboxylic acids is 1. The molecule has 2 unspecified atom stereocenters. The first-order valence-electron chi connectivity index (χ1n) is 11.2. The van der Waals surface area contributed by atoms with Crippen molar-refractivity contribution >= 4 is 18.0 Å². The van der Waals surface area contributed by atoms with Crippen molar-refractivity contribution in [2.45, 2.75) is 50.7 Å². The number of hydrogen-bond acceptors (Lipinski definition) is 5. The Labute approximate surface area is 193 Å². The van der Waals surface area contributed by atoms with Crippen LogP contribution in [0.15, 0.2) is 48.5 Å². The molecule has 3 rings (SSSR count). The van der Waals surface area contributed by atoms with E-state index in [0.717, 1.165) is 22.3 Å². The minimum absolute atomic E-state index is 0.0184. The Bertz CT molecular complexity index is 947. The molecule has 0 fully saturated rings. The number of benzene rings is 2. The Morgan fingerprint density at radius 3 is 2.18 bits per heavy atom. The van der Waals surface area contributed by atoms with Crippen LogP contribution in [0, 0.1) is 0 Å². The molecule has 2 aromatic carbocycles. The third kappa shape index (κ3) is 6.32. The largest absolute Gasteiger partial charge is 0.479 e. The molecule has 4 N–H and O–H groups in total. The molecule has 0 heterocycles. The molecule has 1 aliphatic rings. The lowest BCUT2D eigenvalue weighted by molar-refractivity contribution is -0.147. The average Bonchev–Trinajstić information content (AvgIpc) is 3.14. The van der Waals surface area contributed by atoms with Crippen molar-refractivity contribution in [1.82, 2.24) is 10.6 Å². The molecule has 1 aliphatic carbocycles. The fourth-order valence-electron chi connectivity index (χ4n) is 4.05. The summed E-state index contributed by atoms with van der Waals surface area (Å²) in [7, 11) is 0. The van der Waals surface area contributed by atoms with E-state index >= 15 is 0 Å². The van der Waals surface area contributed by atoms with Crippen molar-refractivity contribution in [3.63, 3.8) is 0 Å². The zero-order valence-corrected chi connectivity index (χ0v) is 18.6. The summed E-state index contributed by atoms with van der Waals surface area (Å²) in [5.41, 5.74) is 4.61. The van der Waals surface area contributed by atoms with Gasteiger partial charge < -0.3 is 25.6 Å². The molecule has 0 aliphatic heterocycles. The number of ether oxygens (including phenoxy) is 1. The van der Waals surface area contributed by atoms with Crippen LogP contribution in [-0.2, 0) is 14.3 Å². The molecule has 2 amide bonds. The summed E-state index contributed by atoms with van der Waals surface area (Å²) in [4.78, 5) is 35.0. The normalized spacial score (nSPS) is 14.0. The van der Waals surface area contributed by atoms with Gasteiger partial charge in [0.25, 0.3) is 0 Å². The van der Waals surface area contributed by atoms with Crippen LogP contribution >= 0.6 is 0 Å². The van der Waals surface area contributed by atoms with Crippen LogP contribution in [0.3, 0.4) is 0 Å². The van der Waals surface area contributed by atoms with Gasteiger partial charge >= 0.3 is 12.1 Å². The number of amides is 2. The first-order chi connectivity index (χ1) is 15.9. The molecule has 2 atom stereocenters. The Morgan fingerprint density at radius 2 is 1.61 bits per heavy atom. The number of nitrogens with one attached hydrogen (secondary N) is 2. The zero-order chi connectivity index (χ0) is 23.8. The van der Waals surface area contributed by atoms with E-state index in [-0.39, 0.29) is 43.9 Å². The molecular formula is C25H30N2O6. The van der Waals surface area contributed by atoms with Crippen molar-refractivity contribution in [3.8, 4) is 11.1 Å². The van der Waals surface area contributed by atoms with Crippen molar-refractivity contribution in [2.75, 3.05) is 13.2 Å². The fourth-order valence-corrected chi connectivity index (χ4v) is 4.05. The smallest absolute Gasteiger partial charge is 0.407 e. The molecule has 0 spiro atoms. The summed E-state index contributed by atoms with van der Waals surface area (Å²) < 4.78 is 5.56. The van der Waals surface area contributed by atoms with E-state index < -0.39 is 18.2 Å². The topological polar surface area (TPSA) is 125 Å². The quantitative estimate of drug-likeness (QED) is 0.414. The lowest BCUT2D eigenvalue weighted by atomic mass is 9.98. The highest BCUT2D eigenvalue weighted by Gasteiger charge is 2.29. The van der Waals surface area contributed by atoms with Crippen LogP contribution in [0.4, 0.5) is 4.79 Å². The van der Waals surface area contributed by atoms with Gasteiger partial charge in [0.1, 0.15) is 6.61 Å². The number of hydrogen-bond donors (Lipinski definition) is 4. The average molecular weight is 455 g/mol. The Morgan fingerprint density at radius 1 is 1.00 bits per heavy atom. The van der Waals surface area contributed by atoms with Crippen molar-refractivity contribution in [2.24, 2.45) is 0 Å². The zero-order valence-electron chi connectivity index (χ0n) is 18.6. The number of carbonyl (C=O) groups is 3. The van der Waals surface area contributed by atoms with Gasteiger partial charge in [-0.25, -0.2) is 9.59 Å². The molecule has 0 aromatic heterocycles. The third-order valence-corrected chi connectivity index (χ3v) is 5.90. The summed E-state index contributed by atoms with van der Waals surface area (Å²) in [6.45, 7) is 2.21. The van der Waals surface area contributed by atoms with Gasteiger partial charge in [0.05, 0.1) is 0 Å². The highest BCUT2D eigenvalue weighted by Crippen LogP contribution is 2.44. The number of carboxylic acids is 1. The lowest BCUT2D eigenvalue weighted by Gasteiger charge is -2.19. The number of aliphatic hydroxyl groups is 1. The van der Waals surface area contributed by atoms with E-state index in [1.165, 1.54) is 0 Å². The SMILES string of the molecule is CCC(CCC(=O)NCCC(O)C(=O)O)NC(=O)OCC1c2ccccc2-c2ccccc21. The van der Waals surface area contributed by atoms with Crippen LogP contribution in [0.1, 0.15) is 49.7 Å². The molecular weight excluding hydrogens is 424 g/mol. The first-order valence-corrected chi connectivity index (χ1v) is 11.2. The van der Waals surface area contributed by atoms with E-state index in [9.17, 15) is 19.5 Å². The number of rotatable bonds is 11. The van der Waals surface area contributed by atoms with E-state index in [4.69, 9.17) is 9.84 Å². The van der Waals surface area contributed by atoms with Gasteiger partial charge in [0.2, 0.25) is 5.91 Å². The molecule has 2 aromatic rings. The Hall–Kier alpha value is -3.39. The van der Waals surface area contributed by atoms with Crippen molar-refractivity contribution in [1.29, 1.82) is 0 Å². The highest BCUT2D eigenvalue weighted by atomic mass is 16.5. The number of carbonyl (C=O) groups excluding carboxylic acids is 2. The predicted molar refractivity (Wildman–Crippen MR) is 123 cm³/mol. The monoisotopic (exact) mass is 454 g/mol. The van der Waals surface area contributed by atoms with Crippen LogP contribution in [0.25, 0.3) is 11.1 Å². The minimum Gasteiger partial charge on any atom is -0.479 e. The molecule has 33 heavy (non-hydrogen) atoms. The summed E-state index contributed by atoms with van der Waals surface area (Å²) in [6.07, 6.45) is -0.845. The predicted octanol–water partition coefficient (Wildman–Crippen LogP) is 3.04. The molecule has 0 bridgehead atoms. The Kier molecular flexibility index (Phi) is 8.43. The molecule has 0 saturated heterocycles. The Balaban J connectivity index is 1.45. The second-order valence-electron chi connectivity index (χ2n) is 8.11. The number of alkyl carbamates (subject to hydrolysis) is 1. The van der Waals surface area contributed by atoms with E-state index in [0.29, 0.717) is 12.8 Å². The van der Waals surface area contributed by atoms with Gasteiger partial charge in [-0.15, -0.1) is 0 Å². The molecule has 8 nitrogen and oxygen atoms in total. The van der Waals surface area contributed by atoms with Gasteiger partial charge in [0, 0.05) is 31.3 Å². The second-order valence-corrected chi connectivity index (χ2v) is 8.11. The second kappa shape index (κ2) is 11.5. The maximum Gasteiger partial charge on any atom is 0.407 e. The van der Waals surface area contributed by atoms with Gasteiger partial charge in [-0.3, -0.25) is 4.79 Å². The van der Waals surface area contributed by atoms with Gasteiger partial charge in [0.15, 0.2) is 6.10 Å². The maximum absolute atomic E-state index is 12.4. The third-order valence-electron chi connectivity index (χ3n) is 5.90. The van der Waals surface area contributed by atoms with E-state index in [1.54, 1.807) is 0 Å². The minimum atomic E-state index is -1.50. The highest BCUT2D eigenvalue weighted by molar-refractivity contribution is 5.79. The molecule has 0 saturated carbocycles. The van der Waals surface area contributed by atoms with Crippen LogP contribution in [0.2, 0.25) is 0 Å². The van der Waals surface area contributed by atoms with Gasteiger partial charge in [-0.05, 0) is 35.1 Å². The van der Waals surface area contributed by atoms with Crippen LogP contribution in [-0.4, -0.2) is 53.5 Å². The van der Waals surface area contributed by atoms with E-state index in [2.05, 4.69) is 34.9 Å². The van der Waals surface area contributed by atoms with Gasteiger partial charge in [-0.1, -0.05) is 55.5 Å². The lowest BCUT2D eigenvalue weighted by Crippen LogP contribution is -2.37. The van der Waals surface area contributed by atoms with Gasteiger partial charge in [-0.2, -0.15) is 0 Å². The van der Waals surface area contributed by atoms with Crippen molar-refractivity contribution in [3.05, 3.63) is 59.7 Å². The maximum atomic E-state index is 12.4. The fraction of sp³-hybridized carbons (Fsp3) is 0.400. The number of aliphatic hydroxyl groups excluding tert-OH is 1. The summed E-state index contributed by atoms with van der Waals surface area (Å²) in [5.74, 6) is -1.60. The number of fused-ring (bicyclic) bond motifs is 3. The molecule has 8 heteroatoms. The summed E-state index contributed by atoms with van der Waals surface area (Å²) >= 11 is 0. The molecule has 0 radical (unpaired) electrons. The van der Waals surface area contributed by atoms with Crippen molar-refractivity contribution < 1.29 is 29.3 Å². The van der Waals surface area contributed by atoms with Crippen LogP contribution in [0.5, 0.6) is 0 Å². The van der Waals surface area contributed by atoms with Crippen LogP contribution < -0.4 is 10.6 Å². The first kappa shape index (κ1) is 24.3. The van der Waals surface area contributed by atoms with E-state index in [1.807, 2.05) is 31.2 Å². The standard InChI is InChI=1S/C25H30N2O6/c1-2-16(11-12-23(29)26-14-13-22(28)24(30)31)27-25(32)33-15-21-19-9-5-3-7-17(19)18-8-4-6-10-20(18)21/h3-10,16,21-22,28H,2,11-15H2,1H3,(H,26,29)(H,27,32)(H,30,31). The summed E-state index contributed by atoms with van der Waals surface area (Å²) in [5, 5.41) is 23.3. The number of carboxylic acid groups (broad SMARTS) is 1. The molecule has 176 valence electrons.